The van der Waals surface area contributed by atoms with Crippen LogP contribution in [0.25, 0.3) is 10.9 Å². The Morgan fingerprint density at radius 1 is 1.22 bits per heavy atom. The molecule has 3 aromatic rings. The number of nitrogens with one attached hydrogen (secondary N) is 3. The highest BCUT2D eigenvalue weighted by Crippen LogP contribution is 2.19. The molecule has 3 rings (SSSR count). The molecule has 0 aliphatic rings. The van der Waals surface area contributed by atoms with Crippen LogP contribution < -0.4 is 5.32 Å². The predicted molar refractivity (Wildman–Crippen MR) is 73.7 cm³/mol. The van der Waals surface area contributed by atoms with Crippen molar-refractivity contribution < 1.29 is 0 Å². The standard InChI is InChI=1S/C14H16N4/c1-9-14(10(2)18-17-9)16-8-11-3-4-13-12(7-11)5-6-15-13/h3-7,15-16H,8H2,1-2H3,(H,17,18). The van der Waals surface area contributed by atoms with Gasteiger partial charge >= 0.3 is 0 Å². The third kappa shape index (κ3) is 1.86. The lowest BCUT2D eigenvalue weighted by Crippen LogP contribution is -2.00. The summed E-state index contributed by atoms with van der Waals surface area (Å²) in [6, 6.07) is 8.54. The van der Waals surface area contributed by atoms with E-state index in [0.717, 1.165) is 23.6 Å². The second-order valence-electron chi connectivity index (χ2n) is 4.56. The summed E-state index contributed by atoms with van der Waals surface area (Å²) in [4.78, 5) is 3.20. The number of aromatic amines is 2. The number of benzene rings is 1. The van der Waals surface area contributed by atoms with E-state index in [1.54, 1.807) is 0 Å². The Kier molecular flexibility index (Phi) is 2.55. The largest absolute Gasteiger partial charge is 0.378 e. The molecule has 0 amide bonds. The van der Waals surface area contributed by atoms with Crippen LogP contribution in [0.3, 0.4) is 0 Å². The number of nitrogens with zero attached hydrogens (tertiary/aromatic N) is 1. The normalized spacial score (nSPS) is 11.0. The number of aromatic nitrogens is 3. The number of fused-ring (bicyclic) bond motifs is 1. The number of anilines is 1. The number of hydrogen-bond donors (Lipinski definition) is 3. The van der Waals surface area contributed by atoms with Crippen molar-refractivity contribution in [1.82, 2.24) is 15.2 Å². The lowest BCUT2D eigenvalue weighted by molar-refractivity contribution is 1.02. The SMILES string of the molecule is Cc1n[nH]c(C)c1NCc1ccc2[nH]ccc2c1. The van der Waals surface area contributed by atoms with Gasteiger partial charge in [0.1, 0.15) is 0 Å². The summed E-state index contributed by atoms with van der Waals surface area (Å²) < 4.78 is 0. The van der Waals surface area contributed by atoms with Crippen LogP contribution in [0.1, 0.15) is 17.0 Å². The maximum atomic E-state index is 4.18. The Morgan fingerprint density at radius 2 is 2.11 bits per heavy atom. The van der Waals surface area contributed by atoms with Gasteiger partial charge in [0, 0.05) is 18.3 Å². The fourth-order valence-corrected chi connectivity index (χ4v) is 2.21. The molecule has 0 radical (unpaired) electrons. The average molecular weight is 240 g/mol. The van der Waals surface area contributed by atoms with Crippen molar-refractivity contribution in [2.24, 2.45) is 0 Å². The van der Waals surface area contributed by atoms with E-state index in [4.69, 9.17) is 0 Å². The van der Waals surface area contributed by atoms with Crippen molar-refractivity contribution in [3.05, 3.63) is 47.4 Å². The Hall–Kier alpha value is -2.23. The summed E-state index contributed by atoms with van der Waals surface area (Å²) in [7, 11) is 0. The van der Waals surface area contributed by atoms with Crippen molar-refractivity contribution in [1.29, 1.82) is 0 Å². The maximum Gasteiger partial charge on any atom is 0.0825 e. The van der Waals surface area contributed by atoms with Gasteiger partial charge in [-0.05, 0) is 43.0 Å². The van der Waals surface area contributed by atoms with Crippen LogP contribution in [0.4, 0.5) is 5.69 Å². The fourth-order valence-electron chi connectivity index (χ4n) is 2.21. The first-order valence-electron chi connectivity index (χ1n) is 6.05. The van der Waals surface area contributed by atoms with E-state index in [1.807, 2.05) is 20.0 Å². The second-order valence-corrected chi connectivity index (χ2v) is 4.56. The molecule has 0 atom stereocenters. The number of rotatable bonds is 3. The van der Waals surface area contributed by atoms with E-state index in [2.05, 4.69) is 44.8 Å². The fraction of sp³-hybridized carbons (Fsp3) is 0.214. The molecule has 18 heavy (non-hydrogen) atoms. The molecule has 2 heterocycles. The van der Waals surface area contributed by atoms with Crippen molar-refractivity contribution in [2.45, 2.75) is 20.4 Å². The molecule has 0 unspecified atom stereocenters. The van der Waals surface area contributed by atoms with Gasteiger partial charge in [0.25, 0.3) is 0 Å². The third-order valence-electron chi connectivity index (χ3n) is 3.22. The monoisotopic (exact) mass is 240 g/mol. The molecular weight excluding hydrogens is 224 g/mol. The quantitative estimate of drug-likeness (QED) is 0.658. The van der Waals surface area contributed by atoms with Gasteiger partial charge in [0.15, 0.2) is 0 Å². The van der Waals surface area contributed by atoms with Gasteiger partial charge < -0.3 is 10.3 Å². The van der Waals surface area contributed by atoms with E-state index < -0.39 is 0 Å². The predicted octanol–water partition coefficient (Wildman–Crippen LogP) is 3.12. The van der Waals surface area contributed by atoms with Gasteiger partial charge in [-0.2, -0.15) is 5.10 Å². The summed E-state index contributed by atoms with van der Waals surface area (Å²) >= 11 is 0. The molecule has 3 N–H and O–H groups in total. The average Bonchev–Trinajstić information content (AvgIpc) is 2.94. The third-order valence-corrected chi connectivity index (χ3v) is 3.22. The maximum absolute atomic E-state index is 4.18. The van der Waals surface area contributed by atoms with Crippen LogP contribution in [0, 0.1) is 13.8 Å². The van der Waals surface area contributed by atoms with Crippen LogP contribution >= 0.6 is 0 Å². The summed E-state index contributed by atoms with van der Waals surface area (Å²) in [6.45, 7) is 4.83. The summed E-state index contributed by atoms with van der Waals surface area (Å²) in [5.41, 5.74) is 5.63. The van der Waals surface area contributed by atoms with Gasteiger partial charge in [-0.15, -0.1) is 0 Å². The molecular formula is C14H16N4. The van der Waals surface area contributed by atoms with Gasteiger partial charge in [0.2, 0.25) is 0 Å². The van der Waals surface area contributed by atoms with E-state index in [-0.39, 0.29) is 0 Å². The van der Waals surface area contributed by atoms with Crippen molar-refractivity contribution >= 4 is 16.6 Å². The molecule has 2 aromatic heterocycles. The first-order chi connectivity index (χ1) is 8.74. The first kappa shape index (κ1) is 10.9. The number of H-pyrrole nitrogens is 2. The molecule has 4 nitrogen and oxygen atoms in total. The van der Waals surface area contributed by atoms with E-state index in [1.165, 1.54) is 16.5 Å². The topological polar surface area (TPSA) is 56.5 Å². The van der Waals surface area contributed by atoms with Crippen molar-refractivity contribution in [3.63, 3.8) is 0 Å². The Balaban J connectivity index is 1.80. The van der Waals surface area contributed by atoms with Gasteiger partial charge in [-0.25, -0.2) is 0 Å². The lowest BCUT2D eigenvalue weighted by atomic mass is 10.1. The molecule has 0 saturated carbocycles. The summed E-state index contributed by atoms with van der Waals surface area (Å²) in [6.07, 6.45) is 1.96. The van der Waals surface area contributed by atoms with Crippen molar-refractivity contribution in [3.8, 4) is 0 Å². The molecule has 1 aromatic carbocycles. The Labute approximate surface area is 105 Å². The number of hydrogen-bond acceptors (Lipinski definition) is 2. The lowest BCUT2D eigenvalue weighted by Gasteiger charge is -2.06. The Morgan fingerprint density at radius 3 is 2.89 bits per heavy atom. The van der Waals surface area contributed by atoms with E-state index >= 15 is 0 Å². The minimum atomic E-state index is 0.808. The molecule has 4 heteroatoms. The molecule has 0 bridgehead atoms. The molecule has 0 aliphatic heterocycles. The van der Waals surface area contributed by atoms with Crippen LogP contribution in [0.15, 0.2) is 30.5 Å². The summed E-state index contributed by atoms with van der Waals surface area (Å²) in [5.74, 6) is 0. The van der Waals surface area contributed by atoms with Crippen LogP contribution in [0.5, 0.6) is 0 Å². The van der Waals surface area contributed by atoms with Crippen LogP contribution in [-0.4, -0.2) is 15.2 Å². The van der Waals surface area contributed by atoms with E-state index in [0.29, 0.717) is 0 Å². The highest BCUT2D eigenvalue weighted by Gasteiger charge is 2.05. The summed E-state index contributed by atoms with van der Waals surface area (Å²) in [5, 5.41) is 11.8. The van der Waals surface area contributed by atoms with Crippen LogP contribution in [0.2, 0.25) is 0 Å². The van der Waals surface area contributed by atoms with Gasteiger partial charge in [-0.1, -0.05) is 6.07 Å². The Bertz CT molecular complexity index is 658. The molecule has 0 saturated heterocycles. The zero-order chi connectivity index (χ0) is 12.5. The van der Waals surface area contributed by atoms with Crippen LogP contribution in [-0.2, 0) is 6.54 Å². The second kappa shape index (κ2) is 4.22. The molecule has 0 fully saturated rings. The van der Waals surface area contributed by atoms with Gasteiger partial charge in [0.05, 0.1) is 17.1 Å². The number of aryl methyl sites for hydroxylation is 2. The highest BCUT2D eigenvalue weighted by molar-refractivity contribution is 5.80. The minimum absolute atomic E-state index is 0.808. The highest BCUT2D eigenvalue weighted by atomic mass is 15.1. The zero-order valence-electron chi connectivity index (χ0n) is 10.5. The smallest absolute Gasteiger partial charge is 0.0825 e. The molecule has 0 aliphatic carbocycles. The first-order valence-corrected chi connectivity index (χ1v) is 6.05. The van der Waals surface area contributed by atoms with Crippen molar-refractivity contribution in [2.75, 3.05) is 5.32 Å². The molecule has 92 valence electrons. The minimum Gasteiger partial charge on any atom is -0.378 e. The van der Waals surface area contributed by atoms with E-state index in [9.17, 15) is 0 Å². The molecule has 0 spiro atoms. The van der Waals surface area contributed by atoms with Gasteiger partial charge in [-0.3, -0.25) is 5.10 Å². The zero-order valence-corrected chi connectivity index (χ0v) is 10.5.